The summed E-state index contributed by atoms with van der Waals surface area (Å²) in [5.41, 5.74) is 0.895. The predicted octanol–water partition coefficient (Wildman–Crippen LogP) is 3.96. The van der Waals surface area contributed by atoms with E-state index in [2.05, 4.69) is 15.3 Å². The van der Waals surface area contributed by atoms with Crippen LogP contribution in [-0.4, -0.2) is 15.9 Å². The average Bonchev–Trinajstić information content (AvgIpc) is 3.04. The molecular formula is C17H14ClN3O2. The lowest BCUT2D eigenvalue weighted by molar-refractivity contribution is -0.116. The summed E-state index contributed by atoms with van der Waals surface area (Å²) < 4.78 is 5.66. The predicted molar refractivity (Wildman–Crippen MR) is 88.1 cm³/mol. The molecule has 0 unspecified atom stereocenters. The molecule has 0 aliphatic heterocycles. The molecule has 3 aromatic rings. The van der Waals surface area contributed by atoms with Crippen LogP contribution in [0.25, 0.3) is 11.3 Å². The van der Waals surface area contributed by atoms with Crippen molar-refractivity contribution in [3.8, 4) is 11.3 Å². The Labute approximate surface area is 138 Å². The van der Waals surface area contributed by atoms with Crippen LogP contribution in [0, 0.1) is 0 Å². The third-order valence-electron chi connectivity index (χ3n) is 3.18. The first-order valence-corrected chi connectivity index (χ1v) is 7.50. The number of carbonyl (C=O) groups is 1. The average molecular weight is 328 g/mol. The van der Waals surface area contributed by atoms with Crippen LogP contribution in [0.4, 0.5) is 5.82 Å². The highest BCUT2D eigenvalue weighted by molar-refractivity contribution is 6.30. The van der Waals surface area contributed by atoms with Gasteiger partial charge in [0.05, 0.1) is 6.20 Å². The second kappa shape index (κ2) is 7.07. The molecule has 0 bridgehead atoms. The van der Waals surface area contributed by atoms with E-state index in [1.54, 1.807) is 36.7 Å². The lowest BCUT2D eigenvalue weighted by Gasteiger charge is -2.02. The number of halogens is 1. The lowest BCUT2D eigenvalue weighted by Crippen LogP contribution is -2.13. The summed E-state index contributed by atoms with van der Waals surface area (Å²) >= 11 is 5.86. The quantitative estimate of drug-likeness (QED) is 0.770. The first-order valence-electron chi connectivity index (χ1n) is 7.12. The summed E-state index contributed by atoms with van der Waals surface area (Å²) in [7, 11) is 0. The smallest absolute Gasteiger partial charge is 0.226 e. The highest BCUT2D eigenvalue weighted by Crippen LogP contribution is 2.22. The number of hydrogen-bond acceptors (Lipinski definition) is 4. The minimum atomic E-state index is -0.130. The first-order chi connectivity index (χ1) is 11.2. The van der Waals surface area contributed by atoms with Crippen LogP contribution in [0.2, 0.25) is 5.02 Å². The van der Waals surface area contributed by atoms with E-state index in [1.807, 2.05) is 18.2 Å². The van der Waals surface area contributed by atoms with Crippen molar-refractivity contribution >= 4 is 23.3 Å². The van der Waals surface area contributed by atoms with E-state index in [0.29, 0.717) is 28.9 Å². The molecular weight excluding hydrogens is 314 g/mol. The number of aromatic nitrogens is 2. The Balaban J connectivity index is 1.57. The summed E-state index contributed by atoms with van der Waals surface area (Å²) in [6, 6.07) is 12.6. The Morgan fingerprint density at radius 3 is 2.70 bits per heavy atom. The summed E-state index contributed by atoms with van der Waals surface area (Å²) in [5.74, 6) is 1.58. The van der Waals surface area contributed by atoms with Crippen LogP contribution in [0.3, 0.4) is 0 Å². The third kappa shape index (κ3) is 4.17. The Bertz CT molecular complexity index is 785. The van der Waals surface area contributed by atoms with E-state index in [0.717, 1.165) is 5.56 Å². The molecule has 0 spiro atoms. The molecule has 1 amide bonds. The first kappa shape index (κ1) is 15.2. The van der Waals surface area contributed by atoms with Gasteiger partial charge in [-0.1, -0.05) is 17.7 Å². The Morgan fingerprint density at radius 2 is 1.96 bits per heavy atom. The van der Waals surface area contributed by atoms with Crippen LogP contribution in [0.5, 0.6) is 0 Å². The summed E-state index contributed by atoms with van der Waals surface area (Å²) in [6.45, 7) is 0. The van der Waals surface area contributed by atoms with E-state index < -0.39 is 0 Å². The zero-order chi connectivity index (χ0) is 16.1. The molecule has 2 aromatic heterocycles. The number of pyridine rings is 1. The number of benzene rings is 1. The Kier molecular flexibility index (Phi) is 4.68. The Hall–Kier alpha value is -2.66. The molecule has 0 saturated heterocycles. The number of oxazole rings is 1. The monoisotopic (exact) mass is 327 g/mol. The number of nitrogens with one attached hydrogen (secondary N) is 1. The van der Waals surface area contributed by atoms with Crippen LogP contribution in [0.1, 0.15) is 12.3 Å². The van der Waals surface area contributed by atoms with Crippen LogP contribution < -0.4 is 5.32 Å². The highest BCUT2D eigenvalue weighted by Gasteiger charge is 2.09. The summed E-state index contributed by atoms with van der Waals surface area (Å²) in [4.78, 5) is 20.1. The van der Waals surface area contributed by atoms with Crippen molar-refractivity contribution in [1.29, 1.82) is 0 Å². The second-order valence-electron chi connectivity index (χ2n) is 4.89. The molecule has 5 nitrogen and oxygen atoms in total. The number of anilines is 1. The molecule has 3 rings (SSSR count). The highest BCUT2D eigenvalue weighted by atomic mass is 35.5. The van der Waals surface area contributed by atoms with E-state index in [1.165, 1.54) is 0 Å². The van der Waals surface area contributed by atoms with E-state index in [-0.39, 0.29) is 12.3 Å². The van der Waals surface area contributed by atoms with E-state index >= 15 is 0 Å². The van der Waals surface area contributed by atoms with E-state index in [4.69, 9.17) is 16.0 Å². The fourth-order valence-corrected chi connectivity index (χ4v) is 2.16. The fraction of sp³-hybridized carbons (Fsp3) is 0.118. The van der Waals surface area contributed by atoms with Gasteiger partial charge in [-0.3, -0.25) is 4.79 Å². The van der Waals surface area contributed by atoms with Crippen molar-refractivity contribution in [2.75, 3.05) is 5.32 Å². The molecule has 0 radical (unpaired) electrons. The van der Waals surface area contributed by atoms with Gasteiger partial charge in [-0.25, -0.2) is 9.97 Å². The number of hydrogen-bond donors (Lipinski definition) is 1. The number of carbonyl (C=O) groups excluding carboxylic acids is 1. The number of aryl methyl sites for hydroxylation is 1. The maximum Gasteiger partial charge on any atom is 0.226 e. The van der Waals surface area contributed by atoms with Crippen LogP contribution in [0.15, 0.2) is 59.3 Å². The van der Waals surface area contributed by atoms with Gasteiger partial charge in [-0.05, 0) is 36.4 Å². The van der Waals surface area contributed by atoms with Gasteiger partial charge in [-0.15, -0.1) is 0 Å². The van der Waals surface area contributed by atoms with Gasteiger partial charge >= 0.3 is 0 Å². The van der Waals surface area contributed by atoms with Crippen molar-refractivity contribution in [3.63, 3.8) is 0 Å². The van der Waals surface area contributed by atoms with Crippen molar-refractivity contribution in [3.05, 3.63) is 65.8 Å². The molecule has 2 heterocycles. The molecule has 0 saturated carbocycles. The number of rotatable bonds is 5. The third-order valence-corrected chi connectivity index (χ3v) is 3.43. The molecule has 1 N–H and O–H groups in total. The maximum atomic E-state index is 11.9. The minimum absolute atomic E-state index is 0.130. The molecule has 6 heteroatoms. The molecule has 116 valence electrons. The summed E-state index contributed by atoms with van der Waals surface area (Å²) in [6.07, 6.45) is 3.97. The van der Waals surface area contributed by atoms with Crippen molar-refractivity contribution in [1.82, 2.24) is 9.97 Å². The molecule has 0 fully saturated rings. The number of amides is 1. The van der Waals surface area contributed by atoms with Crippen LogP contribution >= 0.6 is 11.6 Å². The van der Waals surface area contributed by atoms with Crippen LogP contribution in [-0.2, 0) is 11.2 Å². The minimum Gasteiger partial charge on any atom is -0.441 e. The van der Waals surface area contributed by atoms with E-state index in [9.17, 15) is 4.79 Å². The topological polar surface area (TPSA) is 68.0 Å². The van der Waals surface area contributed by atoms with Gasteiger partial charge in [0.25, 0.3) is 0 Å². The van der Waals surface area contributed by atoms with Gasteiger partial charge in [0.1, 0.15) is 5.82 Å². The second-order valence-corrected chi connectivity index (χ2v) is 5.32. The Morgan fingerprint density at radius 1 is 1.13 bits per heavy atom. The van der Waals surface area contributed by atoms with Crippen molar-refractivity contribution in [2.45, 2.75) is 12.8 Å². The molecule has 0 aliphatic carbocycles. The zero-order valence-corrected chi connectivity index (χ0v) is 13.0. The molecule has 0 aliphatic rings. The van der Waals surface area contributed by atoms with Gasteiger partial charge in [0.15, 0.2) is 11.7 Å². The molecule has 0 atom stereocenters. The van der Waals surface area contributed by atoms with Crippen molar-refractivity contribution < 1.29 is 9.21 Å². The van der Waals surface area contributed by atoms with Gasteiger partial charge in [0, 0.05) is 29.6 Å². The fourth-order valence-electron chi connectivity index (χ4n) is 2.04. The van der Waals surface area contributed by atoms with Gasteiger partial charge in [0.2, 0.25) is 5.91 Å². The number of nitrogens with zero attached hydrogens (tertiary/aromatic N) is 2. The molecule has 1 aromatic carbocycles. The van der Waals surface area contributed by atoms with Crippen molar-refractivity contribution in [2.24, 2.45) is 0 Å². The largest absolute Gasteiger partial charge is 0.441 e. The summed E-state index contributed by atoms with van der Waals surface area (Å²) in [5, 5.41) is 3.39. The van der Waals surface area contributed by atoms with Gasteiger partial charge in [-0.2, -0.15) is 0 Å². The normalized spacial score (nSPS) is 10.5. The zero-order valence-electron chi connectivity index (χ0n) is 12.2. The maximum absolute atomic E-state index is 11.9. The standard InChI is InChI=1S/C17H14ClN3O2/c18-13-6-4-12(5-7-13)14-11-20-17(23-14)9-8-16(22)21-15-3-1-2-10-19-15/h1-7,10-11H,8-9H2,(H,19,21,22). The van der Waals surface area contributed by atoms with Gasteiger partial charge < -0.3 is 9.73 Å². The SMILES string of the molecule is O=C(CCc1ncc(-c2ccc(Cl)cc2)o1)Nc1ccccn1. The molecule has 23 heavy (non-hydrogen) atoms. The lowest BCUT2D eigenvalue weighted by atomic mass is 10.2.